The third-order valence-electron chi connectivity index (χ3n) is 3.78. The fourth-order valence-electron chi connectivity index (χ4n) is 2.90. The average molecular weight is 232 g/mol. The molecule has 0 radical (unpaired) electrons. The molecule has 0 aromatic carbocycles. The Morgan fingerprint density at radius 2 is 2.35 bits per heavy atom. The molecule has 1 aromatic heterocycles. The van der Waals surface area contributed by atoms with Crippen molar-refractivity contribution in [1.82, 2.24) is 5.43 Å². The van der Waals surface area contributed by atoms with E-state index in [1.165, 1.54) is 19.3 Å². The summed E-state index contributed by atoms with van der Waals surface area (Å²) in [5.41, 5.74) is 3.76. The highest BCUT2D eigenvalue weighted by Crippen LogP contribution is 2.42. The zero-order chi connectivity index (χ0) is 11.8. The molecule has 1 heterocycles. The Bertz CT molecular complexity index is 476. The molecular formula is C13H16N2O2. The zero-order valence-electron chi connectivity index (χ0n) is 9.90. The number of amides is 1. The molecule has 2 aliphatic rings. The van der Waals surface area contributed by atoms with Crippen LogP contribution in [0.25, 0.3) is 0 Å². The largest absolute Gasteiger partial charge is 0.456 e. The van der Waals surface area contributed by atoms with E-state index in [4.69, 9.17) is 4.42 Å². The predicted molar refractivity (Wildman–Crippen MR) is 63.8 cm³/mol. The molecule has 2 unspecified atom stereocenters. The number of furan rings is 1. The summed E-state index contributed by atoms with van der Waals surface area (Å²) in [6.07, 6.45) is 4.88. The van der Waals surface area contributed by atoms with Crippen LogP contribution in [0.4, 0.5) is 0 Å². The second-order valence-electron chi connectivity index (χ2n) is 5.03. The summed E-state index contributed by atoms with van der Waals surface area (Å²) in [7, 11) is 0. The molecule has 0 spiro atoms. The van der Waals surface area contributed by atoms with Gasteiger partial charge in [-0.25, -0.2) is 5.43 Å². The number of nitrogens with zero attached hydrogens (tertiary/aromatic N) is 1. The quantitative estimate of drug-likeness (QED) is 0.796. The maximum Gasteiger partial charge on any atom is 0.307 e. The van der Waals surface area contributed by atoms with Crippen LogP contribution in [0, 0.1) is 18.8 Å². The monoisotopic (exact) mass is 232 g/mol. The van der Waals surface area contributed by atoms with Gasteiger partial charge >= 0.3 is 5.91 Å². The van der Waals surface area contributed by atoms with E-state index in [0.717, 1.165) is 23.8 Å². The van der Waals surface area contributed by atoms with Gasteiger partial charge < -0.3 is 4.42 Å². The molecule has 4 nitrogen and oxygen atoms in total. The molecule has 17 heavy (non-hydrogen) atoms. The van der Waals surface area contributed by atoms with E-state index in [-0.39, 0.29) is 5.91 Å². The molecule has 0 aliphatic heterocycles. The van der Waals surface area contributed by atoms with Gasteiger partial charge in [0, 0.05) is 5.71 Å². The lowest BCUT2D eigenvalue weighted by Crippen LogP contribution is -2.21. The van der Waals surface area contributed by atoms with Crippen molar-refractivity contribution in [2.45, 2.75) is 32.6 Å². The van der Waals surface area contributed by atoms with E-state index in [1.807, 2.05) is 6.92 Å². The van der Waals surface area contributed by atoms with Crippen LogP contribution < -0.4 is 5.43 Å². The topological polar surface area (TPSA) is 54.6 Å². The van der Waals surface area contributed by atoms with Crippen LogP contribution in [0.1, 0.15) is 42.0 Å². The predicted octanol–water partition coefficient (Wildman–Crippen LogP) is 2.49. The van der Waals surface area contributed by atoms with Crippen LogP contribution >= 0.6 is 0 Å². The van der Waals surface area contributed by atoms with Crippen LogP contribution in [0.3, 0.4) is 0 Å². The first-order chi connectivity index (χ1) is 8.22. The van der Waals surface area contributed by atoms with Gasteiger partial charge in [-0.05, 0) is 56.6 Å². The van der Waals surface area contributed by atoms with Gasteiger partial charge in [0.15, 0.2) is 5.76 Å². The van der Waals surface area contributed by atoms with Crippen molar-refractivity contribution in [2.75, 3.05) is 0 Å². The van der Waals surface area contributed by atoms with Crippen molar-refractivity contribution in [2.24, 2.45) is 16.9 Å². The lowest BCUT2D eigenvalue weighted by atomic mass is 9.99. The molecule has 2 saturated carbocycles. The summed E-state index contributed by atoms with van der Waals surface area (Å²) >= 11 is 0. The Labute approximate surface area is 100 Å². The number of rotatable bonds is 2. The van der Waals surface area contributed by atoms with E-state index in [2.05, 4.69) is 10.5 Å². The van der Waals surface area contributed by atoms with Gasteiger partial charge in [0.2, 0.25) is 0 Å². The highest BCUT2D eigenvalue weighted by molar-refractivity contribution is 5.94. The molecule has 4 heteroatoms. The van der Waals surface area contributed by atoms with Gasteiger partial charge in [0.05, 0.1) is 0 Å². The molecule has 0 saturated heterocycles. The van der Waals surface area contributed by atoms with Crippen molar-refractivity contribution >= 4 is 11.6 Å². The smallest absolute Gasteiger partial charge is 0.307 e. The average Bonchev–Trinajstić information content (AvgIpc) is 3.01. The summed E-state index contributed by atoms with van der Waals surface area (Å²) in [5, 5.41) is 4.25. The van der Waals surface area contributed by atoms with Crippen molar-refractivity contribution < 1.29 is 9.21 Å². The SMILES string of the molecule is Cc1ccc(C(=O)NN=C2CC3CCC2C3)o1. The van der Waals surface area contributed by atoms with Gasteiger partial charge in [0.25, 0.3) is 0 Å². The van der Waals surface area contributed by atoms with Crippen molar-refractivity contribution in [3.8, 4) is 0 Å². The van der Waals surface area contributed by atoms with E-state index < -0.39 is 0 Å². The van der Waals surface area contributed by atoms with Gasteiger partial charge in [0.1, 0.15) is 5.76 Å². The van der Waals surface area contributed by atoms with Crippen LogP contribution in [0.2, 0.25) is 0 Å². The minimum Gasteiger partial charge on any atom is -0.456 e. The van der Waals surface area contributed by atoms with Gasteiger partial charge in [-0.1, -0.05) is 0 Å². The first-order valence-electron chi connectivity index (χ1n) is 6.15. The Balaban J connectivity index is 1.64. The molecule has 1 amide bonds. The first-order valence-corrected chi connectivity index (χ1v) is 6.15. The number of carbonyl (C=O) groups excluding carboxylic acids is 1. The summed E-state index contributed by atoms with van der Waals surface area (Å²) < 4.78 is 5.24. The second kappa shape index (κ2) is 4.02. The number of fused-ring (bicyclic) bond motifs is 2. The van der Waals surface area contributed by atoms with Gasteiger partial charge in [-0.2, -0.15) is 5.10 Å². The van der Waals surface area contributed by atoms with Gasteiger partial charge in [-0.3, -0.25) is 4.79 Å². The lowest BCUT2D eigenvalue weighted by Gasteiger charge is -2.11. The number of nitrogens with one attached hydrogen (secondary N) is 1. The second-order valence-corrected chi connectivity index (χ2v) is 5.03. The van der Waals surface area contributed by atoms with Crippen LogP contribution in [0.15, 0.2) is 21.7 Å². The van der Waals surface area contributed by atoms with Crippen molar-refractivity contribution in [3.05, 3.63) is 23.7 Å². The van der Waals surface area contributed by atoms with Gasteiger partial charge in [-0.15, -0.1) is 0 Å². The number of hydrogen-bond acceptors (Lipinski definition) is 3. The van der Waals surface area contributed by atoms with E-state index in [0.29, 0.717) is 11.7 Å². The zero-order valence-corrected chi connectivity index (χ0v) is 9.90. The van der Waals surface area contributed by atoms with E-state index >= 15 is 0 Å². The van der Waals surface area contributed by atoms with Crippen LogP contribution in [-0.2, 0) is 0 Å². The van der Waals surface area contributed by atoms with E-state index in [9.17, 15) is 4.79 Å². The minimum atomic E-state index is -0.256. The minimum absolute atomic E-state index is 0.256. The Morgan fingerprint density at radius 1 is 1.47 bits per heavy atom. The third-order valence-corrected chi connectivity index (χ3v) is 3.78. The highest BCUT2D eigenvalue weighted by atomic mass is 16.3. The van der Waals surface area contributed by atoms with Crippen molar-refractivity contribution in [1.29, 1.82) is 0 Å². The molecular weight excluding hydrogens is 216 g/mol. The van der Waals surface area contributed by atoms with Crippen molar-refractivity contribution in [3.63, 3.8) is 0 Å². The maximum absolute atomic E-state index is 11.7. The molecule has 2 atom stereocenters. The molecule has 2 fully saturated rings. The Hall–Kier alpha value is -1.58. The molecule has 1 N–H and O–H groups in total. The lowest BCUT2D eigenvalue weighted by molar-refractivity contribution is 0.0925. The Morgan fingerprint density at radius 3 is 2.94 bits per heavy atom. The molecule has 90 valence electrons. The Kier molecular flexibility index (Phi) is 2.50. The van der Waals surface area contributed by atoms with Crippen LogP contribution in [0.5, 0.6) is 0 Å². The fourth-order valence-corrected chi connectivity index (χ4v) is 2.90. The summed E-state index contributed by atoms with van der Waals surface area (Å²) in [6.45, 7) is 1.82. The number of hydrogen-bond donors (Lipinski definition) is 1. The number of carbonyl (C=O) groups is 1. The standard InChI is InChI=1S/C13H16N2O2/c1-8-2-5-12(17-8)13(16)15-14-11-7-9-3-4-10(11)6-9/h2,5,9-10H,3-4,6-7H2,1H3,(H,15,16). The summed E-state index contributed by atoms with van der Waals surface area (Å²) in [6, 6.07) is 3.45. The molecule has 2 aliphatic carbocycles. The normalized spacial score (nSPS) is 28.9. The molecule has 1 aromatic rings. The summed E-state index contributed by atoms with van der Waals surface area (Å²) in [4.78, 5) is 11.7. The number of hydrazone groups is 1. The molecule has 2 bridgehead atoms. The first kappa shape index (κ1) is 10.6. The molecule has 3 rings (SSSR count). The fraction of sp³-hybridized carbons (Fsp3) is 0.538. The maximum atomic E-state index is 11.7. The third kappa shape index (κ3) is 1.99. The summed E-state index contributed by atoms with van der Waals surface area (Å²) in [5.74, 6) is 2.23. The number of aryl methyl sites for hydroxylation is 1. The van der Waals surface area contributed by atoms with E-state index in [1.54, 1.807) is 12.1 Å². The van der Waals surface area contributed by atoms with Crippen LogP contribution in [-0.4, -0.2) is 11.6 Å². The highest BCUT2D eigenvalue weighted by Gasteiger charge is 2.36.